The number of aryl methyl sites for hydroxylation is 1. The lowest BCUT2D eigenvalue weighted by Crippen LogP contribution is -1.99. The molecule has 0 atom stereocenters. The monoisotopic (exact) mass is 229 g/mol. The summed E-state index contributed by atoms with van der Waals surface area (Å²) in [5.74, 6) is 4.75. The molecular weight excluding hydrogens is 218 g/mol. The molecule has 0 bridgehead atoms. The second kappa shape index (κ2) is 6.94. The maximum absolute atomic E-state index is 10.5. The Kier molecular flexibility index (Phi) is 5.15. The van der Waals surface area contributed by atoms with E-state index in [1.165, 1.54) is 0 Å². The van der Waals surface area contributed by atoms with Gasteiger partial charge in [-0.2, -0.15) is 0 Å². The molecule has 0 aliphatic heterocycles. The molecule has 0 aliphatic rings. The Hall–Kier alpha value is -2.44. The fourth-order valence-electron chi connectivity index (χ4n) is 1.30. The van der Waals surface area contributed by atoms with Crippen molar-refractivity contribution >= 4 is 5.97 Å². The molecule has 0 heterocycles. The predicted octanol–water partition coefficient (Wildman–Crippen LogP) is 2.37. The highest BCUT2D eigenvalue weighted by Gasteiger charge is 2.02. The Balaban J connectivity index is 2.78. The first kappa shape index (κ1) is 12.6. The fourth-order valence-corrected chi connectivity index (χ4v) is 1.30. The summed E-state index contributed by atoms with van der Waals surface area (Å²) in [7, 11) is 0. The van der Waals surface area contributed by atoms with E-state index in [4.69, 9.17) is 10.6 Å². The van der Waals surface area contributed by atoms with Gasteiger partial charge in [0.1, 0.15) is 0 Å². The molecule has 1 aromatic carbocycles. The summed E-state index contributed by atoms with van der Waals surface area (Å²) < 4.78 is 0. The van der Waals surface area contributed by atoms with E-state index in [0.29, 0.717) is 6.42 Å². The average Bonchev–Trinajstić information content (AvgIpc) is 2.33. The van der Waals surface area contributed by atoms with Crippen molar-refractivity contribution in [1.29, 1.82) is 0 Å². The number of rotatable bonds is 4. The Morgan fingerprint density at radius 2 is 2.24 bits per heavy atom. The Morgan fingerprint density at radius 3 is 2.94 bits per heavy atom. The molecule has 0 radical (unpaired) electrons. The van der Waals surface area contributed by atoms with E-state index in [0.717, 1.165) is 11.1 Å². The van der Waals surface area contributed by atoms with Crippen molar-refractivity contribution in [3.8, 4) is 11.8 Å². The molecule has 1 aromatic rings. The SMILES string of the molecule is [N-]=[N+]=NCC#Cc1ccccc1CCC(=O)O. The van der Waals surface area contributed by atoms with Gasteiger partial charge in [-0.15, -0.1) is 0 Å². The first-order valence-electron chi connectivity index (χ1n) is 5.03. The number of aliphatic carboxylic acids is 1. The third-order valence-corrected chi connectivity index (χ3v) is 2.06. The van der Waals surface area contributed by atoms with Crippen LogP contribution in [0.4, 0.5) is 0 Å². The molecule has 17 heavy (non-hydrogen) atoms. The maximum atomic E-state index is 10.5. The number of hydrogen-bond donors (Lipinski definition) is 1. The first-order chi connectivity index (χ1) is 8.24. The summed E-state index contributed by atoms with van der Waals surface area (Å²) >= 11 is 0. The lowest BCUT2D eigenvalue weighted by molar-refractivity contribution is -0.136. The third kappa shape index (κ3) is 4.74. The van der Waals surface area contributed by atoms with Gasteiger partial charge in [0.25, 0.3) is 0 Å². The highest BCUT2D eigenvalue weighted by molar-refractivity contribution is 5.67. The Labute approximate surface area is 98.7 Å². The molecule has 0 saturated heterocycles. The molecule has 0 spiro atoms. The highest BCUT2D eigenvalue weighted by atomic mass is 16.4. The van der Waals surface area contributed by atoms with Gasteiger partial charge in [0.2, 0.25) is 0 Å². The van der Waals surface area contributed by atoms with Crippen molar-refractivity contribution in [3.63, 3.8) is 0 Å². The maximum Gasteiger partial charge on any atom is 0.303 e. The number of carboxylic acid groups (broad SMARTS) is 1. The fraction of sp³-hybridized carbons (Fsp3) is 0.250. The number of hydrogen-bond acceptors (Lipinski definition) is 2. The lowest BCUT2D eigenvalue weighted by atomic mass is 10.0. The van der Waals surface area contributed by atoms with E-state index in [9.17, 15) is 4.79 Å². The zero-order chi connectivity index (χ0) is 12.5. The van der Waals surface area contributed by atoms with Crippen molar-refractivity contribution in [3.05, 3.63) is 45.8 Å². The minimum Gasteiger partial charge on any atom is -0.481 e. The van der Waals surface area contributed by atoms with Crippen LogP contribution in [0, 0.1) is 11.8 Å². The summed E-state index contributed by atoms with van der Waals surface area (Å²) in [6.07, 6.45) is 0.525. The first-order valence-corrected chi connectivity index (χ1v) is 5.03. The largest absolute Gasteiger partial charge is 0.481 e. The molecule has 0 aliphatic carbocycles. The Morgan fingerprint density at radius 1 is 1.47 bits per heavy atom. The van der Waals surface area contributed by atoms with E-state index in [-0.39, 0.29) is 13.0 Å². The number of nitrogens with zero attached hydrogens (tertiary/aromatic N) is 3. The molecule has 0 amide bonds. The molecule has 1 rings (SSSR count). The van der Waals surface area contributed by atoms with Gasteiger partial charge < -0.3 is 5.11 Å². The standard InChI is InChI=1S/C12H11N3O2/c13-15-14-9-3-6-10-4-1-2-5-11(10)7-8-12(16)17/h1-2,4-5H,7-9H2,(H,16,17). The Bertz CT molecular complexity index is 508. The smallest absolute Gasteiger partial charge is 0.303 e. The van der Waals surface area contributed by atoms with Crippen LogP contribution >= 0.6 is 0 Å². The highest BCUT2D eigenvalue weighted by Crippen LogP contribution is 2.09. The summed E-state index contributed by atoms with van der Waals surface area (Å²) in [6.45, 7) is 0.115. The van der Waals surface area contributed by atoms with E-state index in [1.54, 1.807) is 0 Å². The van der Waals surface area contributed by atoms with Gasteiger partial charge in [0, 0.05) is 16.9 Å². The minimum absolute atomic E-state index is 0.0784. The zero-order valence-corrected chi connectivity index (χ0v) is 9.13. The predicted molar refractivity (Wildman–Crippen MR) is 63.3 cm³/mol. The van der Waals surface area contributed by atoms with Crippen molar-refractivity contribution in [2.24, 2.45) is 5.11 Å². The van der Waals surface area contributed by atoms with Gasteiger partial charge in [-0.05, 0) is 23.6 Å². The van der Waals surface area contributed by atoms with Crippen molar-refractivity contribution in [1.82, 2.24) is 0 Å². The van der Waals surface area contributed by atoms with Crippen LogP contribution < -0.4 is 0 Å². The molecule has 0 unspecified atom stereocenters. The van der Waals surface area contributed by atoms with Gasteiger partial charge in [-0.25, -0.2) is 0 Å². The number of carboxylic acids is 1. The average molecular weight is 229 g/mol. The van der Waals surface area contributed by atoms with Crippen LogP contribution in [-0.4, -0.2) is 17.6 Å². The lowest BCUT2D eigenvalue weighted by Gasteiger charge is -2.01. The minimum atomic E-state index is -0.832. The molecule has 0 saturated carbocycles. The summed E-state index contributed by atoms with van der Waals surface area (Å²) in [5.41, 5.74) is 9.76. The molecule has 5 heteroatoms. The van der Waals surface area contributed by atoms with Gasteiger partial charge in [0.05, 0.1) is 6.54 Å². The molecule has 0 fully saturated rings. The van der Waals surface area contributed by atoms with Crippen molar-refractivity contribution in [2.45, 2.75) is 12.8 Å². The van der Waals surface area contributed by atoms with Crippen LogP contribution in [0.15, 0.2) is 29.4 Å². The molecule has 1 N–H and O–H groups in total. The molecule has 86 valence electrons. The number of carbonyl (C=O) groups is 1. The summed E-state index contributed by atoms with van der Waals surface area (Å²) in [4.78, 5) is 13.1. The van der Waals surface area contributed by atoms with E-state index in [2.05, 4.69) is 21.9 Å². The van der Waals surface area contributed by atoms with Crippen LogP contribution in [0.25, 0.3) is 10.4 Å². The van der Waals surface area contributed by atoms with Gasteiger partial charge >= 0.3 is 5.97 Å². The zero-order valence-electron chi connectivity index (χ0n) is 9.13. The molecular formula is C12H11N3O2. The second-order valence-electron chi connectivity index (χ2n) is 3.24. The van der Waals surface area contributed by atoms with E-state index in [1.807, 2.05) is 24.3 Å². The van der Waals surface area contributed by atoms with Crippen LogP contribution in [0.1, 0.15) is 17.5 Å². The summed E-state index contributed by atoms with van der Waals surface area (Å²) in [6, 6.07) is 7.35. The number of azide groups is 1. The molecule has 0 aromatic heterocycles. The van der Waals surface area contributed by atoms with Gasteiger partial charge in [0.15, 0.2) is 0 Å². The molecule has 5 nitrogen and oxygen atoms in total. The van der Waals surface area contributed by atoms with Crippen LogP contribution in [0.5, 0.6) is 0 Å². The van der Waals surface area contributed by atoms with Gasteiger partial charge in [-0.1, -0.05) is 35.2 Å². The van der Waals surface area contributed by atoms with Crippen molar-refractivity contribution in [2.75, 3.05) is 6.54 Å². The van der Waals surface area contributed by atoms with Crippen LogP contribution in [0.2, 0.25) is 0 Å². The quantitative estimate of drug-likeness (QED) is 0.372. The summed E-state index contributed by atoms with van der Waals surface area (Å²) in [5, 5.41) is 11.9. The van der Waals surface area contributed by atoms with Crippen LogP contribution in [-0.2, 0) is 11.2 Å². The van der Waals surface area contributed by atoms with E-state index < -0.39 is 5.97 Å². The van der Waals surface area contributed by atoms with E-state index >= 15 is 0 Å². The number of benzene rings is 1. The van der Waals surface area contributed by atoms with Crippen LogP contribution in [0.3, 0.4) is 0 Å². The topological polar surface area (TPSA) is 86.1 Å². The van der Waals surface area contributed by atoms with Crippen molar-refractivity contribution < 1.29 is 9.90 Å². The normalized spacial score (nSPS) is 8.71. The second-order valence-corrected chi connectivity index (χ2v) is 3.24. The third-order valence-electron chi connectivity index (χ3n) is 2.06. The van der Waals surface area contributed by atoms with Gasteiger partial charge in [-0.3, -0.25) is 4.79 Å².